The first-order valence-corrected chi connectivity index (χ1v) is 7.80. The molecule has 1 atom stereocenters. The summed E-state index contributed by atoms with van der Waals surface area (Å²) in [5.41, 5.74) is -1.90. The molecule has 2 aromatic heterocycles. The van der Waals surface area contributed by atoms with Gasteiger partial charge in [-0.3, -0.25) is 9.59 Å². The van der Waals surface area contributed by atoms with Crippen molar-refractivity contribution in [1.29, 1.82) is 0 Å². The summed E-state index contributed by atoms with van der Waals surface area (Å²) in [6, 6.07) is 10.4. The SMILES string of the molecule is CC(NC(=O)Cn1cccc(C(F)(F)F)c1=O)c1cc2ccccc2o1. The van der Waals surface area contributed by atoms with E-state index in [0.717, 1.165) is 22.2 Å². The van der Waals surface area contributed by atoms with Crippen molar-refractivity contribution >= 4 is 16.9 Å². The molecule has 1 aromatic carbocycles. The first kappa shape index (κ1) is 17.8. The zero-order chi connectivity index (χ0) is 18.9. The highest BCUT2D eigenvalue weighted by Crippen LogP contribution is 2.26. The van der Waals surface area contributed by atoms with Crippen LogP contribution in [0.2, 0.25) is 0 Å². The summed E-state index contributed by atoms with van der Waals surface area (Å²) in [5.74, 6) is -0.0877. The summed E-state index contributed by atoms with van der Waals surface area (Å²) >= 11 is 0. The highest BCUT2D eigenvalue weighted by Gasteiger charge is 2.34. The van der Waals surface area contributed by atoms with Gasteiger partial charge in [0.2, 0.25) is 5.91 Å². The molecule has 0 bridgehead atoms. The molecule has 1 amide bonds. The lowest BCUT2D eigenvalue weighted by Crippen LogP contribution is -2.35. The van der Waals surface area contributed by atoms with Gasteiger partial charge in [-0.15, -0.1) is 0 Å². The second-order valence-electron chi connectivity index (χ2n) is 5.83. The Kier molecular flexibility index (Phi) is 4.58. The van der Waals surface area contributed by atoms with Crippen molar-refractivity contribution < 1.29 is 22.4 Å². The van der Waals surface area contributed by atoms with E-state index in [4.69, 9.17) is 4.42 Å². The largest absolute Gasteiger partial charge is 0.459 e. The lowest BCUT2D eigenvalue weighted by molar-refractivity contribution is -0.139. The van der Waals surface area contributed by atoms with Crippen molar-refractivity contribution in [3.05, 3.63) is 70.3 Å². The monoisotopic (exact) mass is 364 g/mol. The summed E-state index contributed by atoms with van der Waals surface area (Å²) in [5, 5.41) is 3.49. The molecule has 0 saturated heterocycles. The molecule has 3 rings (SSSR count). The minimum absolute atomic E-state index is 0.503. The molecule has 1 unspecified atom stereocenters. The Balaban J connectivity index is 1.74. The predicted molar refractivity (Wildman–Crippen MR) is 88.5 cm³/mol. The molecule has 2 heterocycles. The van der Waals surface area contributed by atoms with E-state index in [1.807, 2.05) is 18.2 Å². The summed E-state index contributed by atoms with van der Waals surface area (Å²) in [6.45, 7) is 1.16. The third kappa shape index (κ3) is 3.63. The number of fused-ring (bicyclic) bond motifs is 1. The van der Waals surface area contributed by atoms with Crippen molar-refractivity contribution in [3.63, 3.8) is 0 Å². The van der Waals surface area contributed by atoms with Crippen LogP contribution in [-0.4, -0.2) is 10.5 Å². The number of furan rings is 1. The number of nitrogens with one attached hydrogen (secondary N) is 1. The van der Waals surface area contributed by atoms with Gasteiger partial charge in [-0.1, -0.05) is 18.2 Å². The average Bonchev–Trinajstić information content (AvgIpc) is 3.00. The summed E-state index contributed by atoms with van der Waals surface area (Å²) < 4.78 is 44.7. The van der Waals surface area contributed by atoms with E-state index in [0.29, 0.717) is 17.4 Å². The molecule has 0 aliphatic rings. The fourth-order valence-corrected chi connectivity index (χ4v) is 2.61. The molecular formula is C18H15F3N2O3. The van der Waals surface area contributed by atoms with E-state index in [2.05, 4.69) is 5.32 Å². The van der Waals surface area contributed by atoms with Crippen LogP contribution in [0.3, 0.4) is 0 Å². The number of alkyl halides is 3. The maximum Gasteiger partial charge on any atom is 0.421 e. The highest BCUT2D eigenvalue weighted by molar-refractivity contribution is 5.79. The van der Waals surface area contributed by atoms with E-state index in [-0.39, 0.29) is 0 Å². The number of carbonyl (C=O) groups excluding carboxylic acids is 1. The molecule has 8 heteroatoms. The molecule has 0 aliphatic carbocycles. The Labute approximate surface area is 146 Å². The summed E-state index contributed by atoms with van der Waals surface area (Å²) in [4.78, 5) is 24.0. The molecule has 3 aromatic rings. The molecule has 0 saturated carbocycles. The number of rotatable bonds is 4. The van der Waals surface area contributed by atoms with Crippen LogP contribution >= 0.6 is 0 Å². The van der Waals surface area contributed by atoms with Crippen LogP contribution in [0.5, 0.6) is 0 Å². The van der Waals surface area contributed by atoms with Crippen LogP contribution in [0, 0.1) is 0 Å². The van der Waals surface area contributed by atoms with Gasteiger partial charge in [0, 0.05) is 11.6 Å². The third-order valence-corrected chi connectivity index (χ3v) is 3.89. The van der Waals surface area contributed by atoms with Gasteiger partial charge in [0.05, 0.1) is 6.04 Å². The third-order valence-electron chi connectivity index (χ3n) is 3.89. The number of hydrogen-bond donors (Lipinski definition) is 1. The molecule has 136 valence electrons. The van der Waals surface area contributed by atoms with E-state index in [1.165, 1.54) is 0 Å². The number of amides is 1. The Hall–Kier alpha value is -3.03. The normalized spacial score (nSPS) is 12.9. The Morgan fingerprint density at radius 2 is 1.96 bits per heavy atom. The van der Waals surface area contributed by atoms with Crippen LogP contribution in [0.25, 0.3) is 11.0 Å². The molecule has 0 spiro atoms. The first-order valence-electron chi connectivity index (χ1n) is 7.80. The predicted octanol–water partition coefficient (Wildman–Crippen LogP) is 3.49. The van der Waals surface area contributed by atoms with Crippen LogP contribution < -0.4 is 10.9 Å². The highest BCUT2D eigenvalue weighted by atomic mass is 19.4. The number of halogens is 3. The number of carbonyl (C=O) groups is 1. The summed E-state index contributed by atoms with van der Waals surface area (Å²) in [7, 11) is 0. The zero-order valence-corrected chi connectivity index (χ0v) is 13.7. The van der Waals surface area contributed by atoms with Crippen LogP contribution in [-0.2, 0) is 17.5 Å². The minimum atomic E-state index is -4.77. The average molecular weight is 364 g/mol. The topological polar surface area (TPSA) is 64.2 Å². The fraction of sp³-hybridized carbons (Fsp3) is 0.222. The summed E-state index contributed by atoms with van der Waals surface area (Å²) in [6.07, 6.45) is -3.62. The maximum atomic E-state index is 12.8. The minimum Gasteiger partial charge on any atom is -0.459 e. The number of nitrogens with zero attached hydrogens (tertiary/aromatic N) is 1. The van der Waals surface area contributed by atoms with Crippen molar-refractivity contribution in [1.82, 2.24) is 9.88 Å². The lowest BCUT2D eigenvalue weighted by Gasteiger charge is -2.13. The van der Waals surface area contributed by atoms with E-state index < -0.39 is 35.8 Å². The second-order valence-corrected chi connectivity index (χ2v) is 5.83. The quantitative estimate of drug-likeness (QED) is 0.771. The smallest absolute Gasteiger partial charge is 0.421 e. The Bertz CT molecular complexity index is 972. The second kappa shape index (κ2) is 6.70. The van der Waals surface area contributed by atoms with Gasteiger partial charge in [0.25, 0.3) is 5.56 Å². The van der Waals surface area contributed by atoms with Gasteiger partial charge >= 0.3 is 6.18 Å². The number of hydrogen-bond acceptors (Lipinski definition) is 3. The molecule has 1 N–H and O–H groups in total. The standard InChI is InChI=1S/C18H15F3N2O3/c1-11(15-9-12-5-2-3-7-14(12)26-15)22-16(24)10-23-8-4-6-13(17(23)25)18(19,20)21/h2-9,11H,10H2,1H3,(H,22,24). The molecule has 26 heavy (non-hydrogen) atoms. The maximum absolute atomic E-state index is 12.8. The van der Waals surface area contributed by atoms with Gasteiger partial charge in [-0.25, -0.2) is 0 Å². The molecular weight excluding hydrogens is 349 g/mol. The number of benzene rings is 1. The molecule has 0 fully saturated rings. The van der Waals surface area contributed by atoms with Crippen LogP contribution in [0.1, 0.15) is 24.3 Å². The van der Waals surface area contributed by atoms with Crippen LogP contribution in [0.4, 0.5) is 13.2 Å². The lowest BCUT2D eigenvalue weighted by atomic mass is 10.2. The molecule has 0 radical (unpaired) electrons. The molecule has 5 nitrogen and oxygen atoms in total. The Morgan fingerprint density at radius 3 is 2.65 bits per heavy atom. The van der Waals surface area contributed by atoms with Gasteiger partial charge in [0.1, 0.15) is 23.5 Å². The number of pyridine rings is 1. The van der Waals surface area contributed by atoms with Gasteiger partial charge in [-0.05, 0) is 31.2 Å². The van der Waals surface area contributed by atoms with E-state index in [9.17, 15) is 22.8 Å². The van der Waals surface area contributed by atoms with E-state index in [1.54, 1.807) is 19.1 Å². The number of para-hydroxylation sites is 1. The Morgan fingerprint density at radius 1 is 1.23 bits per heavy atom. The van der Waals surface area contributed by atoms with Crippen molar-refractivity contribution in [2.24, 2.45) is 0 Å². The van der Waals surface area contributed by atoms with Crippen molar-refractivity contribution in [2.45, 2.75) is 25.7 Å². The van der Waals surface area contributed by atoms with Gasteiger partial charge in [0.15, 0.2) is 0 Å². The number of aromatic nitrogens is 1. The van der Waals surface area contributed by atoms with Crippen molar-refractivity contribution in [3.8, 4) is 0 Å². The van der Waals surface area contributed by atoms with Gasteiger partial charge < -0.3 is 14.3 Å². The van der Waals surface area contributed by atoms with Crippen LogP contribution in [0.15, 0.2) is 57.9 Å². The molecule has 0 aliphatic heterocycles. The van der Waals surface area contributed by atoms with E-state index >= 15 is 0 Å². The zero-order valence-electron chi connectivity index (χ0n) is 13.7. The van der Waals surface area contributed by atoms with Gasteiger partial charge in [-0.2, -0.15) is 13.2 Å². The van der Waals surface area contributed by atoms with Crippen molar-refractivity contribution in [2.75, 3.05) is 0 Å². The fourth-order valence-electron chi connectivity index (χ4n) is 2.61. The first-order chi connectivity index (χ1) is 12.3.